The van der Waals surface area contributed by atoms with Gasteiger partial charge in [0.05, 0.1) is 10.0 Å². The maximum Gasteiger partial charge on any atom is 0.242 e. The summed E-state index contributed by atoms with van der Waals surface area (Å²) in [5.74, 6) is -0.292. The Balaban J connectivity index is 1.87. The number of aryl methyl sites for hydroxylation is 2. The summed E-state index contributed by atoms with van der Waals surface area (Å²) in [6.45, 7) is 2.38. The van der Waals surface area contributed by atoms with E-state index in [0.717, 1.165) is 23.1 Å². The van der Waals surface area contributed by atoms with Gasteiger partial charge in [0.1, 0.15) is 6.04 Å². The third-order valence-electron chi connectivity index (χ3n) is 5.91. The zero-order valence-corrected chi connectivity index (χ0v) is 21.1. The topological polar surface area (TPSA) is 49.4 Å². The summed E-state index contributed by atoms with van der Waals surface area (Å²) in [6.07, 6.45) is 2.30. The van der Waals surface area contributed by atoms with Crippen molar-refractivity contribution in [3.8, 4) is 0 Å². The molecule has 0 bridgehead atoms. The zero-order valence-electron chi connectivity index (χ0n) is 19.6. The monoisotopic (exact) mass is 496 g/mol. The SMILES string of the molecule is CCc1ccc(CCC(=O)N(Cc2ccc(Cl)c(Cl)c2)[C@H](Cc2ccccc2)C(=O)NC)cc1. The van der Waals surface area contributed by atoms with E-state index in [1.807, 2.05) is 36.4 Å². The Morgan fingerprint density at radius 2 is 1.50 bits per heavy atom. The van der Waals surface area contributed by atoms with Crippen LogP contribution in [0.4, 0.5) is 0 Å². The lowest BCUT2D eigenvalue weighted by atomic mass is 10.0. The molecule has 0 aliphatic heterocycles. The van der Waals surface area contributed by atoms with Gasteiger partial charge in [0.15, 0.2) is 0 Å². The summed E-state index contributed by atoms with van der Waals surface area (Å²) in [5, 5.41) is 3.60. The molecule has 3 rings (SSSR count). The Morgan fingerprint density at radius 3 is 2.12 bits per heavy atom. The lowest BCUT2D eigenvalue weighted by Crippen LogP contribution is -2.49. The zero-order chi connectivity index (χ0) is 24.5. The predicted molar refractivity (Wildman–Crippen MR) is 139 cm³/mol. The normalized spacial score (nSPS) is 11.6. The number of rotatable bonds is 10. The molecule has 0 aliphatic carbocycles. The van der Waals surface area contributed by atoms with E-state index in [1.54, 1.807) is 24.1 Å². The van der Waals surface area contributed by atoms with E-state index < -0.39 is 6.04 Å². The summed E-state index contributed by atoms with van der Waals surface area (Å²) < 4.78 is 0. The van der Waals surface area contributed by atoms with Crippen LogP contribution in [0.15, 0.2) is 72.8 Å². The smallest absolute Gasteiger partial charge is 0.242 e. The molecule has 0 aliphatic rings. The fourth-order valence-electron chi connectivity index (χ4n) is 3.89. The fourth-order valence-corrected chi connectivity index (χ4v) is 4.21. The lowest BCUT2D eigenvalue weighted by molar-refractivity contribution is -0.141. The van der Waals surface area contributed by atoms with E-state index in [1.165, 1.54) is 5.56 Å². The van der Waals surface area contributed by atoms with Crippen LogP contribution in [0.25, 0.3) is 0 Å². The number of halogens is 2. The molecule has 0 fully saturated rings. The third kappa shape index (κ3) is 7.09. The van der Waals surface area contributed by atoms with E-state index in [-0.39, 0.29) is 18.4 Å². The second kappa shape index (κ2) is 12.6. The maximum absolute atomic E-state index is 13.5. The van der Waals surface area contributed by atoms with Crippen molar-refractivity contribution in [3.63, 3.8) is 0 Å². The molecule has 34 heavy (non-hydrogen) atoms. The van der Waals surface area contributed by atoms with Crippen LogP contribution >= 0.6 is 23.2 Å². The molecular formula is C28H30Cl2N2O2. The van der Waals surface area contributed by atoms with Crippen molar-refractivity contribution in [1.82, 2.24) is 10.2 Å². The van der Waals surface area contributed by atoms with Crippen LogP contribution < -0.4 is 5.32 Å². The van der Waals surface area contributed by atoms with Crippen molar-refractivity contribution in [3.05, 3.63) is 105 Å². The van der Waals surface area contributed by atoms with Gasteiger partial charge in [-0.15, -0.1) is 0 Å². The second-order valence-corrected chi connectivity index (χ2v) is 9.07. The number of hydrogen-bond donors (Lipinski definition) is 1. The van der Waals surface area contributed by atoms with Gasteiger partial charge < -0.3 is 10.2 Å². The first-order valence-electron chi connectivity index (χ1n) is 11.5. The van der Waals surface area contributed by atoms with E-state index >= 15 is 0 Å². The molecule has 1 N–H and O–H groups in total. The quantitative estimate of drug-likeness (QED) is 0.381. The Morgan fingerprint density at radius 1 is 0.853 bits per heavy atom. The highest BCUT2D eigenvalue weighted by Gasteiger charge is 2.29. The van der Waals surface area contributed by atoms with Crippen LogP contribution in [0, 0.1) is 0 Å². The van der Waals surface area contributed by atoms with Crippen LogP contribution in [0.3, 0.4) is 0 Å². The van der Waals surface area contributed by atoms with Gasteiger partial charge in [-0.3, -0.25) is 9.59 Å². The Labute approximate surface area is 211 Å². The molecule has 0 spiro atoms. The summed E-state index contributed by atoms with van der Waals surface area (Å²) in [5.41, 5.74) is 4.16. The number of carbonyl (C=O) groups excluding carboxylic acids is 2. The summed E-state index contributed by atoms with van der Waals surface area (Å²) >= 11 is 12.3. The fraction of sp³-hybridized carbons (Fsp3) is 0.286. The first kappa shape index (κ1) is 25.8. The molecule has 4 nitrogen and oxygen atoms in total. The minimum absolute atomic E-state index is 0.0878. The molecule has 2 amide bonds. The number of hydrogen-bond acceptors (Lipinski definition) is 2. The van der Waals surface area contributed by atoms with E-state index in [9.17, 15) is 9.59 Å². The molecule has 178 valence electrons. The van der Waals surface area contributed by atoms with Crippen molar-refractivity contribution in [1.29, 1.82) is 0 Å². The third-order valence-corrected chi connectivity index (χ3v) is 6.65. The Bertz CT molecular complexity index is 1100. The number of benzene rings is 3. The van der Waals surface area contributed by atoms with E-state index in [2.05, 4.69) is 36.5 Å². The second-order valence-electron chi connectivity index (χ2n) is 8.26. The Kier molecular flexibility index (Phi) is 9.55. The van der Waals surface area contributed by atoms with Gasteiger partial charge in [0, 0.05) is 26.4 Å². The van der Waals surface area contributed by atoms with E-state index in [0.29, 0.717) is 29.3 Å². The van der Waals surface area contributed by atoms with Crippen molar-refractivity contribution in [2.24, 2.45) is 0 Å². The number of carbonyl (C=O) groups is 2. The highest BCUT2D eigenvalue weighted by molar-refractivity contribution is 6.42. The molecule has 0 aromatic heterocycles. The molecule has 0 saturated carbocycles. The van der Waals surface area contributed by atoms with Gasteiger partial charge in [-0.25, -0.2) is 0 Å². The van der Waals surface area contributed by atoms with Crippen molar-refractivity contribution >= 4 is 35.0 Å². The first-order chi connectivity index (χ1) is 16.4. The van der Waals surface area contributed by atoms with E-state index in [4.69, 9.17) is 23.2 Å². The number of nitrogens with zero attached hydrogens (tertiary/aromatic N) is 1. The summed E-state index contributed by atoms with van der Waals surface area (Å²) in [6, 6.07) is 22.7. The number of likely N-dealkylation sites (N-methyl/N-ethyl adjacent to an activating group) is 1. The van der Waals surface area contributed by atoms with Gasteiger partial charge in [0.2, 0.25) is 11.8 Å². The average Bonchev–Trinajstić information content (AvgIpc) is 2.87. The molecule has 0 radical (unpaired) electrons. The van der Waals surface area contributed by atoms with Gasteiger partial charge in [-0.2, -0.15) is 0 Å². The first-order valence-corrected chi connectivity index (χ1v) is 12.2. The van der Waals surface area contributed by atoms with Gasteiger partial charge in [-0.1, -0.05) is 90.8 Å². The minimum atomic E-state index is -0.656. The van der Waals surface area contributed by atoms with Crippen molar-refractivity contribution < 1.29 is 9.59 Å². The van der Waals surface area contributed by atoms with Crippen molar-refractivity contribution in [2.45, 2.75) is 45.2 Å². The van der Waals surface area contributed by atoms with Crippen LogP contribution in [-0.4, -0.2) is 29.8 Å². The van der Waals surface area contributed by atoms with Gasteiger partial charge in [-0.05, 0) is 47.2 Å². The molecule has 3 aromatic rings. The number of amides is 2. The number of nitrogens with one attached hydrogen (secondary N) is 1. The highest BCUT2D eigenvalue weighted by Crippen LogP contribution is 2.24. The average molecular weight is 497 g/mol. The predicted octanol–water partition coefficient (Wildman–Crippen LogP) is 5.87. The molecule has 6 heteroatoms. The molecule has 0 unspecified atom stereocenters. The summed E-state index contributed by atoms with van der Waals surface area (Å²) in [7, 11) is 1.59. The van der Waals surface area contributed by atoms with Crippen LogP contribution in [0.1, 0.15) is 35.6 Å². The molecule has 1 atom stereocenters. The largest absolute Gasteiger partial charge is 0.357 e. The van der Waals surface area contributed by atoms with Crippen molar-refractivity contribution in [2.75, 3.05) is 7.05 Å². The molecule has 0 heterocycles. The maximum atomic E-state index is 13.5. The standard InChI is InChI=1S/C28H30Cl2N2O2/c1-3-20-9-11-21(12-10-20)14-16-27(33)32(19-23-13-15-24(29)25(30)17-23)26(28(34)31-2)18-22-7-5-4-6-8-22/h4-13,15,17,26H,3,14,16,18-19H2,1-2H3,(H,31,34)/t26-/m1/s1. The molecule has 3 aromatic carbocycles. The van der Waals surface area contributed by atoms with Gasteiger partial charge in [0.25, 0.3) is 0 Å². The molecule has 0 saturated heterocycles. The van der Waals surface area contributed by atoms with Crippen LogP contribution in [0.5, 0.6) is 0 Å². The van der Waals surface area contributed by atoms with Gasteiger partial charge >= 0.3 is 0 Å². The summed E-state index contributed by atoms with van der Waals surface area (Å²) in [4.78, 5) is 28.2. The van der Waals surface area contributed by atoms with Crippen LogP contribution in [0.2, 0.25) is 10.0 Å². The van der Waals surface area contributed by atoms with Crippen LogP contribution in [-0.2, 0) is 35.4 Å². The highest BCUT2D eigenvalue weighted by atomic mass is 35.5. The lowest BCUT2D eigenvalue weighted by Gasteiger charge is -2.31. The minimum Gasteiger partial charge on any atom is -0.357 e. The Hall–Kier alpha value is -2.82. The molecular weight excluding hydrogens is 467 g/mol.